The molecule has 0 amide bonds. The summed E-state index contributed by atoms with van der Waals surface area (Å²) >= 11 is 0. The lowest BCUT2D eigenvalue weighted by Gasteiger charge is -2.08. The van der Waals surface area contributed by atoms with Gasteiger partial charge in [-0.05, 0) is 49.2 Å². The highest BCUT2D eigenvalue weighted by atomic mass is 32.2. The number of hydrogen-bond acceptors (Lipinski definition) is 4. The highest BCUT2D eigenvalue weighted by Gasteiger charge is 2.46. The average Bonchev–Trinajstić information content (AvgIpc) is 3.35. The molecule has 1 fully saturated rings. The molecule has 5 nitrogen and oxygen atoms in total. The van der Waals surface area contributed by atoms with Crippen LogP contribution in [0.3, 0.4) is 0 Å². The molecule has 1 saturated carbocycles. The van der Waals surface area contributed by atoms with E-state index < -0.39 is 15.8 Å². The van der Waals surface area contributed by atoms with Crippen molar-refractivity contribution in [2.45, 2.75) is 24.2 Å². The molecule has 0 saturated heterocycles. The van der Waals surface area contributed by atoms with Crippen LogP contribution in [0.2, 0.25) is 0 Å². The zero-order valence-electron chi connectivity index (χ0n) is 14.8. The van der Waals surface area contributed by atoms with Gasteiger partial charge < -0.3 is 4.74 Å². The number of nitrogens with zero attached hydrogens (tertiary/aromatic N) is 1. The van der Waals surface area contributed by atoms with Crippen molar-refractivity contribution < 1.29 is 22.3 Å². The summed E-state index contributed by atoms with van der Waals surface area (Å²) < 4.78 is 46.1. The standard InChI is InChI=1S/C20H18FNO4S/c1-12-3-6-14(7-4-12)27(24,25)22-11-18(15-10-17(15)20(23)26-2)16-9-13(21)5-8-19(16)22/h3-9,11,15,17H,10H2,1-2H3/t15-,17-/m0/s1. The van der Waals surface area contributed by atoms with E-state index in [1.165, 1.54) is 35.5 Å². The van der Waals surface area contributed by atoms with E-state index in [2.05, 4.69) is 0 Å². The van der Waals surface area contributed by atoms with Crippen LogP contribution in [0.5, 0.6) is 0 Å². The Hall–Kier alpha value is -2.67. The molecule has 4 rings (SSSR count). The van der Waals surface area contributed by atoms with Gasteiger partial charge >= 0.3 is 5.97 Å². The number of halogens is 1. The molecule has 0 N–H and O–H groups in total. The van der Waals surface area contributed by atoms with Crippen LogP contribution in [-0.2, 0) is 19.6 Å². The van der Waals surface area contributed by atoms with Gasteiger partial charge in [-0.3, -0.25) is 4.79 Å². The van der Waals surface area contributed by atoms with Crippen LogP contribution in [0.1, 0.15) is 23.5 Å². The molecule has 27 heavy (non-hydrogen) atoms. The van der Waals surface area contributed by atoms with Crippen LogP contribution in [0.15, 0.2) is 53.6 Å². The highest BCUT2D eigenvalue weighted by Crippen LogP contribution is 2.51. The molecule has 2 atom stereocenters. The number of carbonyl (C=O) groups is 1. The first-order chi connectivity index (χ1) is 12.8. The van der Waals surface area contributed by atoms with Gasteiger partial charge in [0.05, 0.1) is 23.4 Å². The average molecular weight is 387 g/mol. The number of carbonyl (C=O) groups excluding carboxylic acids is 1. The van der Waals surface area contributed by atoms with Crippen LogP contribution in [0.25, 0.3) is 10.9 Å². The number of aromatic nitrogens is 1. The number of ether oxygens (including phenoxy) is 1. The van der Waals surface area contributed by atoms with Crippen LogP contribution in [0, 0.1) is 18.7 Å². The van der Waals surface area contributed by atoms with Gasteiger partial charge in [-0.2, -0.15) is 0 Å². The van der Waals surface area contributed by atoms with Crippen LogP contribution >= 0.6 is 0 Å². The summed E-state index contributed by atoms with van der Waals surface area (Å²) in [5.41, 5.74) is 1.99. The minimum Gasteiger partial charge on any atom is -0.469 e. The molecule has 1 aromatic heterocycles. The predicted molar refractivity (Wildman–Crippen MR) is 98.5 cm³/mol. The maximum atomic E-state index is 13.8. The van der Waals surface area contributed by atoms with Crippen molar-refractivity contribution in [1.82, 2.24) is 3.97 Å². The van der Waals surface area contributed by atoms with Crippen LogP contribution in [-0.4, -0.2) is 25.5 Å². The molecule has 0 spiro atoms. The van der Waals surface area contributed by atoms with Gasteiger partial charge in [0, 0.05) is 17.5 Å². The molecule has 2 aromatic carbocycles. The quantitative estimate of drug-likeness (QED) is 0.642. The van der Waals surface area contributed by atoms with Gasteiger partial charge in [-0.25, -0.2) is 16.8 Å². The molecule has 1 aliphatic carbocycles. The number of aryl methyl sites for hydroxylation is 1. The number of esters is 1. The van der Waals surface area contributed by atoms with E-state index in [0.29, 0.717) is 22.9 Å². The highest BCUT2D eigenvalue weighted by molar-refractivity contribution is 7.90. The third-order valence-electron chi connectivity index (χ3n) is 5.04. The van der Waals surface area contributed by atoms with Gasteiger partial charge in [0.1, 0.15) is 5.82 Å². The predicted octanol–water partition coefficient (Wildman–Crippen LogP) is 3.60. The number of hydrogen-bond donors (Lipinski definition) is 0. The van der Waals surface area contributed by atoms with Crippen molar-refractivity contribution in [3.8, 4) is 0 Å². The lowest BCUT2D eigenvalue weighted by atomic mass is 10.1. The third-order valence-corrected chi connectivity index (χ3v) is 6.72. The first-order valence-corrected chi connectivity index (χ1v) is 9.97. The lowest BCUT2D eigenvalue weighted by Crippen LogP contribution is -2.11. The van der Waals surface area contributed by atoms with E-state index >= 15 is 0 Å². The molecule has 7 heteroatoms. The van der Waals surface area contributed by atoms with Crippen molar-refractivity contribution in [3.05, 3.63) is 65.6 Å². The Labute approximate surface area is 156 Å². The first kappa shape index (κ1) is 17.7. The number of benzene rings is 2. The van der Waals surface area contributed by atoms with Crippen molar-refractivity contribution in [1.29, 1.82) is 0 Å². The maximum absolute atomic E-state index is 13.8. The smallest absolute Gasteiger partial charge is 0.309 e. The van der Waals surface area contributed by atoms with Crippen molar-refractivity contribution >= 4 is 26.9 Å². The zero-order valence-corrected chi connectivity index (χ0v) is 15.7. The fourth-order valence-electron chi connectivity index (χ4n) is 3.47. The molecule has 0 aliphatic heterocycles. The van der Waals surface area contributed by atoms with E-state index in [9.17, 15) is 17.6 Å². The molecule has 1 aliphatic rings. The number of methoxy groups -OCH3 is 1. The molecule has 140 valence electrons. The normalized spacial score (nSPS) is 19.2. The summed E-state index contributed by atoms with van der Waals surface area (Å²) in [6.45, 7) is 1.88. The van der Waals surface area contributed by atoms with E-state index in [1.54, 1.807) is 24.3 Å². The van der Waals surface area contributed by atoms with Gasteiger partial charge in [-0.1, -0.05) is 17.7 Å². The van der Waals surface area contributed by atoms with Gasteiger partial charge in [0.15, 0.2) is 0 Å². The molecule has 3 aromatic rings. The summed E-state index contributed by atoms with van der Waals surface area (Å²) in [4.78, 5) is 12.0. The first-order valence-electron chi connectivity index (χ1n) is 8.53. The van der Waals surface area contributed by atoms with Gasteiger partial charge in [-0.15, -0.1) is 0 Å². The fraction of sp³-hybridized carbons (Fsp3) is 0.250. The third kappa shape index (κ3) is 2.92. The summed E-state index contributed by atoms with van der Waals surface area (Å²) in [5, 5.41) is 0.502. The Morgan fingerprint density at radius 1 is 1.19 bits per heavy atom. The molecular weight excluding hydrogens is 369 g/mol. The zero-order chi connectivity index (χ0) is 19.3. The Morgan fingerprint density at radius 2 is 1.89 bits per heavy atom. The Bertz CT molecular complexity index is 1150. The fourth-order valence-corrected chi connectivity index (χ4v) is 4.84. The Kier molecular flexibility index (Phi) is 4.07. The minimum atomic E-state index is -3.85. The minimum absolute atomic E-state index is 0.154. The molecular formula is C20H18FNO4S. The topological polar surface area (TPSA) is 65.4 Å². The van der Waals surface area contributed by atoms with Crippen LogP contribution < -0.4 is 0 Å². The summed E-state index contributed by atoms with van der Waals surface area (Å²) in [6, 6.07) is 10.6. The second-order valence-corrected chi connectivity index (χ2v) is 8.65. The van der Waals surface area contributed by atoms with E-state index in [4.69, 9.17) is 4.74 Å². The summed E-state index contributed by atoms with van der Waals surface area (Å²) in [5.74, 6) is -1.28. The monoisotopic (exact) mass is 387 g/mol. The van der Waals surface area contributed by atoms with Crippen molar-refractivity contribution in [3.63, 3.8) is 0 Å². The Morgan fingerprint density at radius 3 is 2.56 bits per heavy atom. The molecule has 0 bridgehead atoms. The van der Waals surface area contributed by atoms with E-state index in [-0.39, 0.29) is 22.7 Å². The molecule has 0 radical (unpaired) electrons. The Balaban J connectivity index is 1.87. The van der Waals surface area contributed by atoms with Crippen molar-refractivity contribution in [2.75, 3.05) is 7.11 Å². The second kappa shape index (κ2) is 6.20. The van der Waals surface area contributed by atoms with Crippen LogP contribution in [0.4, 0.5) is 4.39 Å². The second-order valence-electron chi connectivity index (χ2n) is 6.83. The maximum Gasteiger partial charge on any atom is 0.309 e. The lowest BCUT2D eigenvalue weighted by molar-refractivity contribution is -0.142. The number of fused-ring (bicyclic) bond motifs is 1. The van der Waals surface area contributed by atoms with E-state index in [1.807, 2.05) is 6.92 Å². The largest absolute Gasteiger partial charge is 0.469 e. The molecule has 1 heterocycles. The van der Waals surface area contributed by atoms with E-state index in [0.717, 1.165) is 5.56 Å². The number of rotatable bonds is 4. The molecule has 0 unspecified atom stereocenters. The summed E-state index contributed by atoms with van der Waals surface area (Å²) in [6.07, 6.45) is 2.07. The SMILES string of the molecule is COC(=O)[C@H]1C[C@@H]1c1cn(S(=O)(=O)c2ccc(C)cc2)c2ccc(F)cc12. The van der Waals surface area contributed by atoms with Gasteiger partial charge in [0.2, 0.25) is 0 Å². The summed E-state index contributed by atoms with van der Waals surface area (Å²) in [7, 11) is -2.52. The van der Waals surface area contributed by atoms with Crippen molar-refractivity contribution in [2.24, 2.45) is 5.92 Å². The van der Waals surface area contributed by atoms with Gasteiger partial charge in [0.25, 0.3) is 10.0 Å².